The molecule has 2 bridgehead atoms. The molecule has 8 heteroatoms. The fourth-order valence-electron chi connectivity index (χ4n) is 2.01. The Bertz CT molecular complexity index is 509. The Kier molecular flexibility index (Phi) is 5.07. The third-order valence-electron chi connectivity index (χ3n) is 2.85. The van der Waals surface area contributed by atoms with Crippen molar-refractivity contribution in [3.8, 4) is 0 Å². The van der Waals surface area contributed by atoms with Crippen molar-refractivity contribution in [2.24, 2.45) is 0 Å². The van der Waals surface area contributed by atoms with Gasteiger partial charge in [-0.15, -0.1) is 11.3 Å². The average molecular weight is 313 g/mol. The number of ether oxygens (including phenoxy) is 2. The lowest BCUT2D eigenvalue weighted by atomic mass is 10.2. The summed E-state index contributed by atoms with van der Waals surface area (Å²) in [7, 11) is 0. The van der Waals surface area contributed by atoms with Crippen LogP contribution in [-0.4, -0.2) is 48.0 Å². The Balaban J connectivity index is 0.000000177. The molecule has 2 unspecified atom stereocenters. The maximum absolute atomic E-state index is 9.55. The van der Waals surface area contributed by atoms with Crippen molar-refractivity contribution in [3.05, 3.63) is 34.5 Å². The second-order valence-corrected chi connectivity index (χ2v) is 5.37. The summed E-state index contributed by atoms with van der Waals surface area (Å²) < 4.78 is 11.6. The van der Waals surface area contributed by atoms with Crippen LogP contribution in [0.25, 0.3) is 0 Å². The smallest absolute Gasteiger partial charge is 0.328 e. The van der Waals surface area contributed by atoms with Crippen molar-refractivity contribution >= 4 is 23.3 Å². The van der Waals surface area contributed by atoms with E-state index in [0.29, 0.717) is 18.8 Å². The van der Waals surface area contributed by atoms with Crippen LogP contribution in [0.15, 0.2) is 29.7 Å². The first kappa shape index (κ1) is 15.6. The molecule has 0 aliphatic carbocycles. The number of aliphatic carboxylic acids is 2. The largest absolute Gasteiger partial charge is 0.478 e. The number of carboxylic acids is 2. The third-order valence-corrected chi connectivity index (χ3v) is 3.85. The van der Waals surface area contributed by atoms with Crippen molar-refractivity contribution in [1.29, 1.82) is 0 Å². The van der Waals surface area contributed by atoms with Gasteiger partial charge in [-0.05, 0) is 11.4 Å². The first-order valence-corrected chi connectivity index (χ1v) is 7.10. The molecule has 21 heavy (non-hydrogen) atoms. The molecule has 1 aromatic heterocycles. The number of hydrogen-bond donors (Lipinski definition) is 3. The molecule has 1 aromatic rings. The van der Waals surface area contributed by atoms with E-state index in [9.17, 15) is 9.59 Å². The maximum Gasteiger partial charge on any atom is 0.328 e. The molecule has 2 aliphatic rings. The van der Waals surface area contributed by atoms with E-state index in [1.54, 1.807) is 11.3 Å². The summed E-state index contributed by atoms with van der Waals surface area (Å²) in [5.74, 6) is -2.99. The molecule has 3 heterocycles. The van der Waals surface area contributed by atoms with Gasteiger partial charge in [-0.25, -0.2) is 9.59 Å². The minimum atomic E-state index is -1.26. The van der Waals surface area contributed by atoms with Gasteiger partial charge >= 0.3 is 11.9 Å². The van der Waals surface area contributed by atoms with Crippen LogP contribution in [0.3, 0.4) is 0 Å². The molecule has 0 amide bonds. The molecule has 3 N–H and O–H groups in total. The van der Waals surface area contributed by atoms with E-state index in [4.69, 9.17) is 19.7 Å². The molecule has 0 saturated carbocycles. The highest BCUT2D eigenvalue weighted by molar-refractivity contribution is 7.10. The SMILES string of the molecule is O=C(O)/C=C/C(=O)O.c1csc(C23CNCC(CO2)O3)c1. The molecule has 0 aromatic carbocycles. The fraction of sp³-hybridized carbons (Fsp3) is 0.385. The first-order chi connectivity index (χ1) is 10.0. The van der Waals surface area contributed by atoms with Gasteiger partial charge < -0.3 is 25.0 Å². The lowest BCUT2D eigenvalue weighted by molar-refractivity contribution is -0.183. The predicted octanol–water partition coefficient (Wildman–Crippen LogP) is 0.631. The van der Waals surface area contributed by atoms with Crippen LogP contribution in [0.5, 0.6) is 0 Å². The van der Waals surface area contributed by atoms with E-state index in [1.807, 2.05) is 6.07 Å². The molecular weight excluding hydrogens is 298 g/mol. The van der Waals surface area contributed by atoms with Crippen molar-refractivity contribution in [2.75, 3.05) is 19.7 Å². The van der Waals surface area contributed by atoms with E-state index >= 15 is 0 Å². The van der Waals surface area contributed by atoms with Gasteiger partial charge in [0.15, 0.2) is 0 Å². The predicted molar refractivity (Wildman–Crippen MR) is 74.1 cm³/mol. The summed E-state index contributed by atoms with van der Waals surface area (Å²) in [6, 6.07) is 4.10. The Morgan fingerprint density at radius 1 is 1.38 bits per heavy atom. The van der Waals surface area contributed by atoms with Gasteiger partial charge in [-0.3, -0.25) is 0 Å². The number of thiophene rings is 1. The average Bonchev–Trinajstić information content (AvgIpc) is 3.07. The number of fused-ring (bicyclic) bond motifs is 2. The minimum absolute atomic E-state index is 0.232. The van der Waals surface area contributed by atoms with Crippen LogP contribution >= 0.6 is 11.3 Å². The number of nitrogens with one attached hydrogen (secondary N) is 1. The molecule has 7 nitrogen and oxygen atoms in total. The summed E-state index contributed by atoms with van der Waals surface area (Å²) in [5, 5.41) is 21.0. The standard InChI is InChI=1S/C9H11NO2S.C4H4O4/c1-2-8(13-3-1)9-6-10-4-7(12-9)5-11-9;5-3(6)1-2-4(7)8/h1-3,7,10H,4-6H2;1-2H,(H,5,6)(H,7,8)/b;2-1+. The zero-order valence-corrected chi connectivity index (χ0v) is 11.8. The fourth-order valence-corrected chi connectivity index (χ4v) is 2.83. The van der Waals surface area contributed by atoms with Gasteiger partial charge in [-0.1, -0.05) is 6.07 Å². The molecule has 0 radical (unpaired) electrons. The summed E-state index contributed by atoms with van der Waals surface area (Å²) in [5.41, 5.74) is 0. The maximum atomic E-state index is 9.55. The molecule has 2 aliphatic heterocycles. The van der Waals surface area contributed by atoms with Gasteiger partial charge in [0.2, 0.25) is 5.79 Å². The highest BCUT2D eigenvalue weighted by Gasteiger charge is 2.46. The van der Waals surface area contributed by atoms with Crippen molar-refractivity contribution < 1.29 is 29.3 Å². The lowest BCUT2D eigenvalue weighted by Gasteiger charge is -2.31. The number of morpholine rings is 1. The second kappa shape index (κ2) is 6.81. The quantitative estimate of drug-likeness (QED) is 0.703. The van der Waals surface area contributed by atoms with Crippen molar-refractivity contribution in [1.82, 2.24) is 5.32 Å². The van der Waals surface area contributed by atoms with Crippen molar-refractivity contribution in [2.45, 2.75) is 11.9 Å². The van der Waals surface area contributed by atoms with Crippen molar-refractivity contribution in [3.63, 3.8) is 0 Å². The summed E-state index contributed by atoms with van der Waals surface area (Å²) in [6.45, 7) is 2.39. The van der Waals surface area contributed by atoms with Gasteiger partial charge in [0.05, 0.1) is 24.1 Å². The minimum Gasteiger partial charge on any atom is -0.478 e. The van der Waals surface area contributed by atoms with E-state index in [1.165, 1.54) is 4.88 Å². The van der Waals surface area contributed by atoms with E-state index in [-0.39, 0.29) is 6.10 Å². The number of hydrogen-bond acceptors (Lipinski definition) is 6. The molecule has 2 atom stereocenters. The van der Waals surface area contributed by atoms with Crippen LogP contribution in [0.2, 0.25) is 0 Å². The normalized spacial score (nSPS) is 27.1. The number of carboxylic acid groups (broad SMARTS) is 2. The van der Waals surface area contributed by atoms with Gasteiger partial charge in [0.1, 0.15) is 0 Å². The molecule has 2 fully saturated rings. The Morgan fingerprint density at radius 3 is 2.67 bits per heavy atom. The van der Waals surface area contributed by atoms with Crippen LogP contribution in [-0.2, 0) is 24.8 Å². The molecule has 2 saturated heterocycles. The van der Waals surface area contributed by atoms with Gasteiger partial charge in [0.25, 0.3) is 0 Å². The summed E-state index contributed by atoms with van der Waals surface area (Å²) in [4.78, 5) is 20.3. The second-order valence-electron chi connectivity index (χ2n) is 4.42. The van der Waals surface area contributed by atoms with Gasteiger partial charge in [0, 0.05) is 18.7 Å². The van der Waals surface area contributed by atoms with E-state index in [0.717, 1.165) is 13.1 Å². The molecular formula is C13H15NO6S. The molecule has 0 spiro atoms. The Labute approximate surface area is 124 Å². The number of rotatable bonds is 3. The van der Waals surface area contributed by atoms with Crippen LogP contribution in [0, 0.1) is 0 Å². The van der Waals surface area contributed by atoms with Crippen LogP contribution in [0.1, 0.15) is 4.88 Å². The topological polar surface area (TPSA) is 105 Å². The molecule has 3 rings (SSSR count). The van der Waals surface area contributed by atoms with Crippen LogP contribution < -0.4 is 5.32 Å². The zero-order chi connectivity index (χ0) is 15.3. The monoisotopic (exact) mass is 313 g/mol. The highest BCUT2D eigenvalue weighted by Crippen LogP contribution is 2.38. The Morgan fingerprint density at radius 2 is 2.10 bits per heavy atom. The first-order valence-electron chi connectivity index (χ1n) is 6.22. The Hall–Kier alpha value is -1.74. The lowest BCUT2D eigenvalue weighted by Crippen LogP contribution is -2.46. The van der Waals surface area contributed by atoms with E-state index in [2.05, 4.69) is 16.8 Å². The summed E-state index contributed by atoms with van der Waals surface area (Å²) >= 11 is 1.69. The zero-order valence-electron chi connectivity index (χ0n) is 11.0. The van der Waals surface area contributed by atoms with Crippen LogP contribution in [0.4, 0.5) is 0 Å². The summed E-state index contributed by atoms with van der Waals surface area (Å²) in [6.07, 6.45) is 1.35. The van der Waals surface area contributed by atoms with Gasteiger partial charge in [-0.2, -0.15) is 0 Å². The molecule has 114 valence electrons. The third kappa shape index (κ3) is 4.11. The number of carbonyl (C=O) groups is 2. The van der Waals surface area contributed by atoms with E-state index < -0.39 is 17.7 Å². The highest BCUT2D eigenvalue weighted by atomic mass is 32.1.